The van der Waals surface area contributed by atoms with Crippen molar-refractivity contribution in [2.45, 2.75) is 13.8 Å². The molecule has 0 spiro atoms. The van der Waals surface area contributed by atoms with Crippen molar-refractivity contribution < 1.29 is 9.47 Å². The van der Waals surface area contributed by atoms with Crippen LogP contribution in [0.4, 0.5) is 0 Å². The van der Waals surface area contributed by atoms with E-state index in [1.54, 1.807) is 0 Å². The lowest BCUT2D eigenvalue weighted by molar-refractivity contribution is 0.179. The molecule has 0 saturated carbocycles. The predicted molar refractivity (Wildman–Crippen MR) is 57.6 cm³/mol. The summed E-state index contributed by atoms with van der Waals surface area (Å²) in [4.78, 5) is 0. The summed E-state index contributed by atoms with van der Waals surface area (Å²) in [6.07, 6.45) is 1.42. The smallest absolute Gasteiger partial charge is 0.122 e. The van der Waals surface area contributed by atoms with Gasteiger partial charge < -0.3 is 9.47 Å². The Morgan fingerprint density at radius 1 is 1.29 bits per heavy atom. The van der Waals surface area contributed by atoms with Gasteiger partial charge in [0.25, 0.3) is 0 Å². The molecule has 1 rings (SSSR count). The van der Waals surface area contributed by atoms with Crippen LogP contribution in [0.3, 0.4) is 0 Å². The lowest BCUT2D eigenvalue weighted by Gasteiger charge is -2.09. The topological polar surface area (TPSA) is 18.5 Å². The van der Waals surface area contributed by atoms with Crippen molar-refractivity contribution in [2.24, 2.45) is 0 Å². The Morgan fingerprint density at radius 2 is 2.07 bits per heavy atom. The van der Waals surface area contributed by atoms with Crippen LogP contribution in [0.5, 0.6) is 5.75 Å². The molecule has 0 radical (unpaired) electrons. The largest absolute Gasteiger partial charge is 0.498 e. The second-order valence-electron chi connectivity index (χ2n) is 3.15. The molecule has 2 nitrogen and oxygen atoms in total. The Hall–Kier alpha value is -1.44. The maximum absolute atomic E-state index is 5.55. The van der Waals surface area contributed by atoms with Crippen molar-refractivity contribution in [3.63, 3.8) is 0 Å². The van der Waals surface area contributed by atoms with E-state index in [1.165, 1.54) is 11.8 Å². The summed E-state index contributed by atoms with van der Waals surface area (Å²) < 4.78 is 10.5. The van der Waals surface area contributed by atoms with Gasteiger partial charge >= 0.3 is 0 Å². The van der Waals surface area contributed by atoms with Crippen LogP contribution < -0.4 is 4.74 Å². The zero-order chi connectivity index (χ0) is 10.4. The van der Waals surface area contributed by atoms with Crippen molar-refractivity contribution in [2.75, 3.05) is 13.2 Å². The van der Waals surface area contributed by atoms with E-state index in [0.29, 0.717) is 13.2 Å². The van der Waals surface area contributed by atoms with E-state index in [1.807, 2.05) is 19.9 Å². The molecule has 0 N–H and O–H groups in total. The molecule has 0 aliphatic rings. The highest BCUT2D eigenvalue weighted by Gasteiger charge is 1.98. The first kappa shape index (κ1) is 10.6. The molecule has 2 heteroatoms. The minimum Gasteiger partial charge on any atom is -0.498 e. The molecule has 0 amide bonds. The summed E-state index contributed by atoms with van der Waals surface area (Å²) in [5, 5.41) is 0. The van der Waals surface area contributed by atoms with Gasteiger partial charge in [-0.2, -0.15) is 0 Å². The van der Waals surface area contributed by atoms with Crippen LogP contribution in [0.15, 0.2) is 31.0 Å². The predicted octanol–water partition coefficient (Wildman–Crippen LogP) is 2.84. The quantitative estimate of drug-likeness (QED) is 0.527. The summed E-state index contributed by atoms with van der Waals surface area (Å²) in [5.41, 5.74) is 2.35. The highest BCUT2D eigenvalue weighted by atomic mass is 16.5. The number of ether oxygens (including phenoxy) is 2. The molecule has 0 aliphatic heterocycles. The molecule has 0 atom stereocenters. The molecular weight excluding hydrogens is 176 g/mol. The molecule has 0 fully saturated rings. The van der Waals surface area contributed by atoms with Gasteiger partial charge in [0, 0.05) is 0 Å². The maximum Gasteiger partial charge on any atom is 0.122 e. The third-order valence-corrected chi connectivity index (χ3v) is 1.92. The van der Waals surface area contributed by atoms with Crippen LogP contribution in [-0.4, -0.2) is 13.2 Å². The standard InChI is InChI=1S/C12H16O2/c1-4-13-7-8-14-12-9-10(2)5-6-11(12)3/h4-6,9H,1,7-8H2,2-3H3. The second kappa shape index (κ2) is 5.32. The zero-order valence-corrected chi connectivity index (χ0v) is 8.75. The summed E-state index contributed by atoms with van der Waals surface area (Å²) in [6.45, 7) is 8.63. The maximum atomic E-state index is 5.55. The molecule has 0 aromatic heterocycles. The molecule has 0 unspecified atom stereocenters. The number of aryl methyl sites for hydroxylation is 2. The van der Waals surface area contributed by atoms with Crippen molar-refractivity contribution in [3.8, 4) is 5.75 Å². The van der Waals surface area contributed by atoms with E-state index in [2.05, 4.69) is 18.7 Å². The first-order chi connectivity index (χ1) is 6.74. The fraction of sp³-hybridized carbons (Fsp3) is 0.333. The number of benzene rings is 1. The van der Waals surface area contributed by atoms with Crippen molar-refractivity contribution in [1.29, 1.82) is 0 Å². The molecule has 76 valence electrons. The van der Waals surface area contributed by atoms with E-state index in [4.69, 9.17) is 9.47 Å². The fourth-order valence-corrected chi connectivity index (χ4v) is 1.15. The molecule has 0 heterocycles. The lowest BCUT2D eigenvalue weighted by Crippen LogP contribution is -2.04. The number of rotatable bonds is 5. The first-order valence-corrected chi connectivity index (χ1v) is 4.66. The Morgan fingerprint density at radius 3 is 2.79 bits per heavy atom. The van der Waals surface area contributed by atoms with Crippen molar-refractivity contribution in [1.82, 2.24) is 0 Å². The molecule has 14 heavy (non-hydrogen) atoms. The number of hydrogen-bond donors (Lipinski definition) is 0. The molecule has 0 bridgehead atoms. The average molecular weight is 192 g/mol. The average Bonchev–Trinajstić information content (AvgIpc) is 2.18. The SMILES string of the molecule is C=COCCOc1cc(C)ccc1C. The third kappa shape index (κ3) is 3.13. The lowest BCUT2D eigenvalue weighted by atomic mass is 10.1. The van der Waals surface area contributed by atoms with Crippen LogP contribution in [0, 0.1) is 13.8 Å². The normalized spacial score (nSPS) is 9.57. The minimum atomic E-state index is 0.539. The second-order valence-corrected chi connectivity index (χ2v) is 3.15. The van der Waals surface area contributed by atoms with Crippen LogP contribution in [0.2, 0.25) is 0 Å². The summed E-state index contributed by atoms with van der Waals surface area (Å²) in [7, 11) is 0. The van der Waals surface area contributed by atoms with Gasteiger partial charge in [-0.05, 0) is 31.0 Å². The van der Waals surface area contributed by atoms with Gasteiger partial charge in [0.15, 0.2) is 0 Å². The Bertz CT molecular complexity index is 305. The summed E-state index contributed by atoms with van der Waals surface area (Å²) in [6, 6.07) is 6.16. The van der Waals surface area contributed by atoms with Gasteiger partial charge in [0.1, 0.15) is 19.0 Å². The van der Waals surface area contributed by atoms with Gasteiger partial charge in [0.2, 0.25) is 0 Å². The van der Waals surface area contributed by atoms with Crippen molar-refractivity contribution >= 4 is 0 Å². The van der Waals surface area contributed by atoms with Crippen LogP contribution in [0.25, 0.3) is 0 Å². The zero-order valence-electron chi connectivity index (χ0n) is 8.75. The van der Waals surface area contributed by atoms with E-state index in [0.717, 1.165) is 11.3 Å². The number of hydrogen-bond acceptors (Lipinski definition) is 2. The molecule has 1 aromatic carbocycles. The fourth-order valence-electron chi connectivity index (χ4n) is 1.15. The molecule has 0 aliphatic carbocycles. The van der Waals surface area contributed by atoms with Crippen LogP contribution in [-0.2, 0) is 4.74 Å². The first-order valence-electron chi connectivity index (χ1n) is 4.66. The van der Waals surface area contributed by atoms with Gasteiger partial charge in [0.05, 0.1) is 6.26 Å². The van der Waals surface area contributed by atoms with E-state index < -0.39 is 0 Å². The molecule has 1 aromatic rings. The van der Waals surface area contributed by atoms with Crippen LogP contribution >= 0.6 is 0 Å². The monoisotopic (exact) mass is 192 g/mol. The Labute approximate surface area is 85.2 Å². The van der Waals surface area contributed by atoms with Gasteiger partial charge in [-0.3, -0.25) is 0 Å². The summed E-state index contributed by atoms with van der Waals surface area (Å²) >= 11 is 0. The van der Waals surface area contributed by atoms with E-state index in [-0.39, 0.29) is 0 Å². The Balaban J connectivity index is 2.49. The van der Waals surface area contributed by atoms with E-state index >= 15 is 0 Å². The minimum absolute atomic E-state index is 0.539. The van der Waals surface area contributed by atoms with Gasteiger partial charge in [-0.1, -0.05) is 18.7 Å². The summed E-state index contributed by atoms with van der Waals surface area (Å²) in [5.74, 6) is 0.928. The highest BCUT2D eigenvalue weighted by Crippen LogP contribution is 2.18. The van der Waals surface area contributed by atoms with Crippen LogP contribution in [0.1, 0.15) is 11.1 Å². The van der Waals surface area contributed by atoms with E-state index in [9.17, 15) is 0 Å². The van der Waals surface area contributed by atoms with Gasteiger partial charge in [-0.25, -0.2) is 0 Å². The third-order valence-electron chi connectivity index (χ3n) is 1.92. The van der Waals surface area contributed by atoms with Crippen molar-refractivity contribution in [3.05, 3.63) is 42.2 Å². The molecule has 0 saturated heterocycles. The van der Waals surface area contributed by atoms with Gasteiger partial charge in [-0.15, -0.1) is 0 Å². The molecular formula is C12H16O2. The Kier molecular flexibility index (Phi) is 4.05. The highest BCUT2D eigenvalue weighted by molar-refractivity contribution is 5.35.